The van der Waals surface area contributed by atoms with Crippen molar-refractivity contribution in [1.82, 2.24) is 0 Å². The van der Waals surface area contributed by atoms with Gasteiger partial charge in [-0.1, -0.05) is 12.2 Å². The zero-order valence-electron chi connectivity index (χ0n) is 8.17. The van der Waals surface area contributed by atoms with Crippen LogP contribution in [0.5, 0.6) is 0 Å². The molecule has 2 heteroatoms. The summed E-state index contributed by atoms with van der Waals surface area (Å²) in [6.45, 7) is 5.71. The SMILES string of the molecule is C/C=C/CCCC(=O)OC(C)C. The van der Waals surface area contributed by atoms with Crippen LogP contribution in [0.15, 0.2) is 12.2 Å². The molecule has 0 aliphatic heterocycles. The fourth-order valence-electron chi connectivity index (χ4n) is 0.853. The smallest absolute Gasteiger partial charge is 0.306 e. The molecule has 0 radical (unpaired) electrons. The molecule has 0 aliphatic carbocycles. The van der Waals surface area contributed by atoms with Crippen LogP contribution in [0.25, 0.3) is 0 Å². The molecule has 0 saturated heterocycles. The second-order valence-electron chi connectivity index (χ2n) is 3.00. The van der Waals surface area contributed by atoms with Gasteiger partial charge in [0.2, 0.25) is 0 Å². The molecule has 0 aromatic rings. The van der Waals surface area contributed by atoms with Gasteiger partial charge in [-0.15, -0.1) is 0 Å². The van der Waals surface area contributed by atoms with Crippen LogP contribution in [-0.4, -0.2) is 12.1 Å². The Balaban J connectivity index is 3.32. The maximum absolute atomic E-state index is 11.0. The number of carbonyl (C=O) groups is 1. The minimum atomic E-state index is -0.0884. The first-order valence-corrected chi connectivity index (χ1v) is 4.47. The highest BCUT2D eigenvalue weighted by Crippen LogP contribution is 2.00. The highest BCUT2D eigenvalue weighted by Gasteiger charge is 2.03. The summed E-state index contributed by atoms with van der Waals surface area (Å²) in [6, 6.07) is 0. The van der Waals surface area contributed by atoms with Gasteiger partial charge in [0.05, 0.1) is 6.10 Å². The molecule has 0 bridgehead atoms. The fraction of sp³-hybridized carbons (Fsp3) is 0.700. The lowest BCUT2D eigenvalue weighted by Crippen LogP contribution is -2.10. The summed E-state index contributed by atoms with van der Waals surface area (Å²) in [5.41, 5.74) is 0. The van der Waals surface area contributed by atoms with E-state index in [0.717, 1.165) is 12.8 Å². The lowest BCUT2D eigenvalue weighted by Gasteiger charge is -2.06. The molecule has 0 unspecified atom stereocenters. The maximum Gasteiger partial charge on any atom is 0.306 e. The predicted octanol–water partition coefficient (Wildman–Crippen LogP) is 2.68. The average molecular weight is 170 g/mol. The lowest BCUT2D eigenvalue weighted by atomic mass is 10.2. The number of hydrogen-bond acceptors (Lipinski definition) is 2. The van der Waals surface area contributed by atoms with Crippen LogP contribution in [0.2, 0.25) is 0 Å². The van der Waals surface area contributed by atoms with Crippen molar-refractivity contribution in [2.75, 3.05) is 0 Å². The summed E-state index contributed by atoms with van der Waals surface area (Å²) in [5, 5.41) is 0. The highest BCUT2D eigenvalue weighted by molar-refractivity contribution is 5.69. The first-order chi connectivity index (χ1) is 5.66. The predicted molar refractivity (Wildman–Crippen MR) is 49.9 cm³/mol. The third-order valence-corrected chi connectivity index (χ3v) is 1.35. The van der Waals surface area contributed by atoms with Gasteiger partial charge >= 0.3 is 5.97 Å². The maximum atomic E-state index is 11.0. The van der Waals surface area contributed by atoms with Crippen LogP contribution in [0.4, 0.5) is 0 Å². The Bertz CT molecular complexity index is 148. The summed E-state index contributed by atoms with van der Waals surface area (Å²) < 4.78 is 4.97. The summed E-state index contributed by atoms with van der Waals surface area (Å²) in [5.74, 6) is -0.0884. The largest absolute Gasteiger partial charge is 0.463 e. The van der Waals surface area contributed by atoms with Gasteiger partial charge in [-0.05, 0) is 33.6 Å². The van der Waals surface area contributed by atoms with Crippen molar-refractivity contribution in [2.24, 2.45) is 0 Å². The average Bonchev–Trinajstić information content (AvgIpc) is 1.97. The molecule has 0 spiro atoms. The third kappa shape index (κ3) is 7.32. The minimum Gasteiger partial charge on any atom is -0.463 e. The number of unbranched alkanes of at least 4 members (excludes halogenated alkanes) is 1. The Morgan fingerprint density at radius 3 is 2.67 bits per heavy atom. The van der Waals surface area contributed by atoms with Crippen molar-refractivity contribution >= 4 is 5.97 Å². The van der Waals surface area contributed by atoms with E-state index in [1.807, 2.05) is 26.8 Å². The Morgan fingerprint density at radius 2 is 2.17 bits per heavy atom. The quantitative estimate of drug-likeness (QED) is 0.360. The first kappa shape index (κ1) is 11.2. The molecule has 0 atom stereocenters. The van der Waals surface area contributed by atoms with Gasteiger partial charge in [0.15, 0.2) is 0 Å². The van der Waals surface area contributed by atoms with Gasteiger partial charge in [0.25, 0.3) is 0 Å². The fourth-order valence-corrected chi connectivity index (χ4v) is 0.853. The molecule has 0 aromatic carbocycles. The van der Waals surface area contributed by atoms with Crippen molar-refractivity contribution in [2.45, 2.75) is 46.1 Å². The molecule has 0 heterocycles. The van der Waals surface area contributed by atoms with E-state index in [0.29, 0.717) is 6.42 Å². The standard InChI is InChI=1S/C10H18O2/c1-4-5-6-7-8-10(11)12-9(2)3/h4-5,9H,6-8H2,1-3H3/b5-4+. The molecule has 0 rings (SSSR count). The molecular formula is C10H18O2. The second-order valence-corrected chi connectivity index (χ2v) is 3.00. The van der Waals surface area contributed by atoms with Crippen molar-refractivity contribution in [3.05, 3.63) is 12.2 Å². The van der Waals surface area contributed by atoms with E-state index >= 15 is 0 Å². The van der Waals surface area contributed by atoms with Gasteiger partial charge in [-0.3, -0.25) is 4.79 Å². The Hall–Kier alpha value is -0.790. The number of carbonyl (C=O) groups excluding carboxylic acids is 1. The number of allylic oxidation sites excluding steroid dienone is 2. The van der Waals surface area contributed by atoms with Crippen LogP contribution in [0.1, 0.15) is 40.0 Å². The normalized spacial score (nSPS) is 11.0. The molecule has 0 fully saturated rings. The number of rotatable bonds is 5. The van der Waals surface area contributed by atoms with Crippen LogP contribution in [-0.2, 0) is 9.53 Å². The lowest BCUT2D eigenvalue weighted by molar-refractivity contribution is -0.147. The van der Waals surface area contributed by atoms with Crippen molar-refractivity contribution < 1.29 is 9.53 Å². The summed E-state index contributed by atoms with van der Waals surface area (Å²) in [7, 11) is 0. The zero-order valence-corrected chi connectivity index (χ0v) is 8.17. The van der Waals surface area contributed by atoms with E-state index in [-0.39, 0.29) is 12.1 Å². The topological polar surface area (TPSA) is 26.3 Å². The van der Waals surface area contributed by atoms with Gasteiger partial charge in [-0.25, -0.2) is 0 Å². The molecule has 12 heavy (non-hydrogen) atoms. The van der Waals surface area contributed by atoms with E-state index < -0.39 is 0 Å². The Morgan fingerprint density at radius 1 is 1.50 bits per heavy atom. The van der Waals surface area contributed by atoms with Crippen LogP contribution < -0.4 is 0 Å². The second kappa shape index (κ2) is 6.89. The van der Waals surface area contributed by atoms with E-state index in [1.165, 1.54) is 0 Å². The third-order valence-electron chi connectivity index (χ3n) is 1.35. The zero-order chi connectivity index (χ0) is 9.40. The molecular weight excluding hydrogens is 152 g/mol. The molecule has 0 aliphatic rings. The number of esters is 1. The molecule has 0 saturated carbocycles. The van der Waals surface area contributed by atoms with Crippen LogP contribution >= 0.6 is 0 Å². The van der Waals surface area contributed by atoms with E-state index in [1.54, 1.807) is 0 Å². The summed E-state index contributed by atoms with van der Waals surface area (Å²) in [6.07, 6.45) is 6.44. The molecule has 0 aromatic heterocycles. The minimum absolute atomic E-state index is 0.0132. The van der Waals surface area contributed by atoms with Crippen LogP contribution in [0, 0.1) is 0 Å². The number of hydrogen-bond donors (Lipinski definition) is 0. The summed E-state index contributed by atoms with van der Waals surface area (Å²) in [4.78, 5) is 11.0. The van der Waals surface area contributed by atoms with E-state index in [2.05, 4.69) is 6.08 Å². The monoisotopic (exact) mass is 170 g/mol. The van der Waals surface area contributed by atoms with Gasteiger partial charge in [0, 0.05) is 6.42 Å². The highest BCUT2D eigenvalue weighted by atomic mass is 16.5. The van der Waals surface area contributed by atoms with E-state index in [4.69, 9.17) is 4.74 Å². The van der Waals surface area contributed by atoms with Crippen LogP contribution in [0.3, 0.4) is 0 Å². The van der Waals surface area contributed by atoms with Crippen molar-refractivity contribution in [1.29, 1.82) is 0 Å². The molecule has 0 amide bonds. The number of ether oxygens (including phenoxy) is 1. The Labute approximate surface area is 74.6 Å². The Kier molecular flexibility index (Phi) is 6.44. The van der Waals surface area contributed by atoms with Crippen molar-refractivity contribution in [3.63, 3.8) is 0 Å². The molecule has 2 nitrogen and oxygen atoms in total. The van der Waals surface area contributed by atoms with Gasteiger partial charge in [-0.2, -0.15) is 0 Å². The first-order valence-electron chi connectivity index (χ1n) is 4.47. The molecule has 0 N–H and O–H groups in total. The van der Waals surface area contributed by atoms with Crippen molar-refractivity contribution in [3.8, 4) is 0 Å². The van der Waals surface area contributed by atoms with E-state index in [9.17, 15) is 4.79 Å². The van der Waals surface area contributed by atoms with Gasteiger partial charge < -0.3 is 4.74 Å². The summed E-state index contributed by atoms with van der Waals surface area (Å²) >= 11 is 0. The van der Waals surface area contributed by atoms with Gasteiger partial charge in [0.1, 0.15) is 0 Å². The molecule has 70 valence electrons.